The lowest BCUT2D eigenvalue weighted by atomic mass is 10.0. The van der Waals surface area contributed by atoms with Gasteiger partial charge in [0.15, 0.2) is 5.96 Å². The van der Waals surface area contributed by atoms with Crippen molar-refractivity contribution in [3.8, 4) is 0 Å². The van der Waals surface area contributed by atoms with Gasteiger partial charge in [-0.3, -0.25) is 14.7 Å². The van der Waals surface area contributed by atoms with Gasteiger partial charge in [-0.25, -0.2) is 4.39 Å². The first-order valence-electron chi connectivity index (χ1n) is 10.3. The minimum Gasteiger partial charge on any atom is -0.469 e. The van der Waals surface area contributed by atoms with E-state index in [1.54, 1.807) is 0 Å². The second kappa shape index (κ2) is 15.4. The summed E-state index contributed by atoms with van der Waals surface area (Å²) in [5, 5.41) is 6.57. The third-order valence-corrected chi connectivity index (χ3v) is 4.84. The first-order valence-corrected chi connectivity index (χ1v) is 10.3. The molecule has 0 aromatic heterocycles. The van der Waals surface area contributed by atoms with Gasteiger partial charge in [0, 0.05) is 32.6 Å². The van der Waals surface area contributed by atoms with Gasteiger partial charge < -0.3 is 20.1 Å². The number of carbonyl (C=O) groups excluding carboxylic acids is 1. The van der Waals surface area contributed by atoms with Crippen LogP contribution in [-0.4, -0.2) is 69.9 Å². The zero-order valence-electron chi connectivity index (χ0n) is 17.9. The van der Waals surface area contributed by atoms with Crippen molar-refractivity contribution >= 4 is 35.9 Å². The molecule has 170 valence electrons. The highest BCUT2D eigenvalue weighted by molar-refractivity contribution is 14.0. The normalized spacial score (nSPS) is 15.8. The van der Waals surface area contributed by atoms with E-state index in [1.807, 2.05) is 19.1 Å². The Hall–Kier alpha value is -1.46. The van der Waals surface area contributed by atoms with Gasteiger partial charge in [0.2, 0.25) is 0 Å². The molecule has 0 spiro atoms. The Labute approximate surface area is 195 Å². The molecule has 1 aromatic carbocycles. The number of methoxy groups -OCH3 is 1. The van der Waals surface area contributed by atoms with Crippen LogP contribution >= 0.6 is 24.0 Å². The molecule has 7 nitrogen and oxygen atoms in total. The molecule has 0 bridgehead atoms. The van der Waals surface area contributed by atoms with Gasteiger partial charge in [-0.15, -0.1) is 24.0 Å². The van der Waals surface area contributed by atoms with Crippen LogP contribution in [0.3, 0.4) is 0 Å². The van der Waals surface area contributed by atoms with E-state index in [-0.39, 0.29) is 41.8 Å². The number of nitrogens with zero attached hydrogens (tertiary/aromatic N) is 2. The number of nitrogens with one attached hydrogen (secondary N) is 2. The monoisotopic (exact) mass is 536 g/mol. The summed E-state index contributed by atoms with van der Waals surface area (Å²) in [6.45, 7) is 7.11. The highest BCUT2D eigenvalue weighted by Gasteiger charge is 2.22. The number of hydrogen-bond acceptors (Lipinski definition) is 5. The van der Waals surface area contributed by atoms with E-state index in [2.05, 4.69) is 20.3 Å². The lowest BCUT2D eigenvalue weighted by Crippen LogP contribution is -2.42. The predicted molar refractivity (Wildman–Crippen MR) is 127 cm³/mol. The second-order valence-corrected chi connectivity index (χ2v) is 6.90. The lowest BCUT2D eigenvalue weighted by molar-refractivity contribution is -0.140. The van der Waals surface area contributed by atoms with Crippen molar-refractivity contribution in [3.05, 3.63) is 35.6 Å². The molecule has 0 amide bonds. The van der Waals surface area contributed by atoms with Crippen molar-refractivity contribution in [2.45, 2.75) is 32.2 Å². The Bertz CT molecular complexity index is 640. The van der Waals surface area contributed by atoms with Gasteiger partial charge in [-0.1, -0.05) is 12.1 Å². The molecule has 1 aliphatic heterocycles. The summed E-state index contributed by atoms with van der Waals surface area (Å²) in [5.41, 5.74) is 1.05. The summed E-state index contributed by atoms with van der Waals surface area (Å²) in [4.78, 5) is 18.3. The summed E-state index contributed by atoms with van der Waals surface area (Å²) in [7, 11) is 1.41. The molecule has 1 unspecified atom stereocenters. The Morgan fingerprint density at radius 3 is 2.57 bits per heavy atom. The molecule has 1 atom stereocenters. The average Bonchev–Trinajstić information content (AvgIpc) is 2.75. The molecular formula is C21H34FIN4O3. The van der Waals surface area contributed by atoms with E-state index >= 15 is 0 Å². The fourth-order valence-electron chi connectivity index (χ4n) is 3.23. The predicted octanol–water partition coefficient (Wildman–Crippen LogP) is 2.72. The van der Waals surface area contributed by atoms with Gasteiger partial charge >= 0.3 is 5.97 Å². The fourth-order valence-corrected chi connectivity index (χ4v) is 3.23. The number of unbranched alkanes of at least 4 members (excludes halogenated alkanes) is 1. The first-order chi connectivity index (χ1) is 14.1. The summed E-state index contributed by atoms with van der Waals surface area (Å²) >= 11 is 0. The molecule has 30 heavy (non-hydrogen) atoms. The van der Waals surface area contributed by atoms with Crippen LogP contribution < -0.4 is 10.6 Å². The van der Waals surface area contributed by atoms with Gasteiger partial charge in [-0.05, 0) is 37.5 Å². The minimum atomic E-state index is -0.236. The second-order valence-electron chi connectivity index (χ2n) is 6.90. The van der Waals surface area contributed by atoms with Gasteiger partial charge in [0.1, 0.15) is 5.82 Å². The van der Waals surface area contributed by atoms with Crippen LogP contribution in [0.2, 0.25) is 0 Å². The number of esters is 1. The van der Waals surface area contributed by atoms with Crippen LogP contribution in [0.5, 0.6) is 0 Å². The van der Waals surface area contributed by atoms with Gasteiger partial charge in [0.05, 0.1) is 32.9 Å². The molecule has 0 saturated carbocycles. The van der Waals surface area contributed by atoms with Gasteiger partial charge in [-0.2, -0.15) is 0 Å². The van der Waals surface area contributed by atoms with E-state index in [4.69, 9.17) is 9.73 Å². The first kappa shape index (κ1) is 26.6. The Morgan fingerprint density at radius 2 is 1.93 bits per heavy atom. The van der Waals surface area contributed by atoms with Crippen molar-refractivity contribution in [1.29, 1.82) is 0 Å². The summed E-state index contributed by atoms with van der Waals surface area (Å²) in [5.74, 6) is 0.323. The van der Waals surface area contributed by atoms with Crippen molar-refractivity contribution in [2.24, 2.45) is 4.99 Å². The highest BCUT2D eigenvalue weighted by atomic mass is 127. The summed E-state index contributed by atoms with van der Waals surface area (Å²) in [6.07, 6.45) is 2.05. The number of guanidine groups is 1. The standard InChI is InChI=1S/C21H33FN4O3.HI/c1-3-23-21(24-11-5-4-6-20(27)28-2)25-16-19(26-12-14-29-15-13-26)17-7-9-18(22)10-8-17;/h7-10,19H,3-6,11-16H2,1-2H3,(H2,23,24,25);1H. The number of aliphatic imine (C=N–C) groups is 1. The molecule has 0 aliphatic carbocycles. The number of carbonyl (C=O) groups is 1. The maximum absolute atomic E-state index is 13.4. The molecule has 1 aliphatic rings. The third kappa shape index (κ3) is 9.57. The van der Waals surface area contributed by atoms with Crippen LogP contribution in [0.15, 0.2) is 29.3 Å². The summed E-state index contributed by atoms with van der Waals surface area (Å²) in [6, 6.07) is 6.72. The minimum absolute atomic E-state index is 0. The Balaban J connectivity index is 0.00000450. The van der Waals surface area contributed by atoms with Crippen molar-refractivity contribution < 1.29 is 18.7 Å². The van der Waals surface area contributed by atoms with Crippen molar-refractivity contribution in [1.82, 2.24) is 15.5 Å². The highest BCUT2D eigenvalue weighted by Crippen LogP contribution is 2.22. The number of rotatable bonds is 10. The maximum atomic E-state index is 13.4. The van der Waals surface area contributed by atoms with Crippen LogP contribution in [0.4, 0.5) is 4.39 Å². The van der Waals surface area contributed by atoms with Crippen molar-refractivity contribution in [2.75, 3.05) is 53.0 Å². The number of morpholine rings is 1. The molecule has 2 rings (SSSR count). The molecular weight excluding hydrogens is 502 g/mol. The number of ether oxygens (including phenoxy) is 2. The number of hydrogen-bond donors (Lipinski definition) is 2. The van der Waals surface area contributed by atoms with E-state index in [1.165, 1.54) is 19.2 Å². The number of halogens is 2. The van der Waals surface area contributed by atoms with Gasteiger partial charge in [0.25, 0.3) is 0 Å². The van der Waals surface area contributed by atoms with E-state index in [0.717, 1.165) is 50.5 Å². The Morgan fingerprint density at radius 1 is 1.23 bits per heavy atom. The fraction of sp³-hybridized carbons (Fsp3) is 0.619. The number of benzene rings is 1. The third-order valence-electron chi connectivity index (χ3n) is 4.84. The molecule has 1 aromatic rings. The van der Waals surface area contributed by atoms with Crippen LogP contribution in [-0.2, 0) is 14.3 Å². The van der Waals surface area contributed by atoms with Crippen molar-refractivity contribution in [3.63, 3.8) is 0 Å². The topological polar surface area (TPSA) is 75.2 Å². The summed E-state index contributed by atoms with van der Waals surface area (Å²) < 4.78 is 23.5. The average molecular weight is 536 g/mol. The van der Waals surface area contributed by atoms with E-state index < -0.39 is 0 Å². The molecule has 2 N–H and O–H groups in total. The molecule has 1 fully saturated rings. The quantitative estimate of drug-likeness (QED) is 0.158. The SMILES string of the molecule is CCNC(=NCC(c1ccc(F)cc1)N1CCOCC1)NCCCCC(=O)OC.I. The molecule has 1 heterocycles. The molecule has 0 radical (unpaired) electrons. The largest absolute Gasteiger partial charge is 0.469 e. The smallest absolute Gasteiger partial charge is 0.305 e. The zero-order valence-corrected chi connectivity index (χ0v) is 20.2. The molecule has 1 saturated heterocycles. The van der Waals surface area contributed by atoms with Crippen LogP contribution in [0, 0.1) is 5.82 Å². The zero-order chi connectivity index (χ0) is 20.9. The molecule has 9 heteroatoms. The Kier molecular flexibility index (Phi) is 13.6. The van der Waals surface area contributed by atoms with E-state index in [9.17, 15) is 9.18 Å². The lowest BCUT2D eigenvalue weighted by Gasteiger charge is -2.34. The maximum Gasteiger partial charge on any atom is 0.305 e. The van der Waals surface area contributed by atoms with Crippen LogP contribution in [0.25, 0.3) is 0 Å². The van der Waals surface area contributed by atoms with E-state index in [0.29, 0.717) is 26.2 Å². The van der Waals surface area contributed by atoms with Crippen LogP contribution in [0.1, 0.15) is 37.8 Å².